The molecule has 1 heterocycles. The fourth-order valence-corrected chi connectivity index (χ4v) is 2.41. The number of anilines is 1. The molecule has 6 nitrogen and oxygen atoms in total. The van der Waals surface area contributed by atoms with Crippen LogP contribution in [0.4, 0.5) is 5.69 Å². The fraction of sp³-hybridized carbons (Fsp3) is 0.294. The molecule has 0 bridgehead atoms. The van der Waals surface area contributed by atoms with Gasteiger partial charge in [0.05, 0.1) is 11.3 Å². The lowest BCUT2D eigenvalue weighted by Crippen LogP contribution is -2.33. The monoisotopic (exact) mass is 429 g/mol. The van der Waals surface area contributed by atoms with Crippen LogP contribution in [0.15, 0.2) is 45.5 Å². The first-order valence-electron chi connectivity index (χ1n) is 7.54. The Morgan fingerprint density at radius 3 is 2.56 bits per heavy atom. The molecule has 0 aliphatic carbocycles. The summed E-state index contributed by atoms with van der Waals surface area (Å²) in [4.78, 5) is 26.3. The van der Waals surface area contributed by atoms with Crippen LogP contribution < -0.4 is 16.0 Å². The summed E-state index contributed by atoms with van der Waals surface area (Å²) in [6.45, 7) is 2.93. The highest BCUT2D eigenvalue weighted by Crippen LogP contribution is 2.23. The number of nitrogens with zero attached hydrogens (tertiary/aromatic N) is 1. The average molecular weight is 431 g/mol. The van der Waals surface area contributed by atoms with Crippen molar-refractivity contribution in [3.05, 3.63) is 52.4 Å². The van der Waals surface area contributed by atoms with Crippen LogP contribution >= 0.6 is 28.3 Å². The number of carbonyl (C=O) groups excluding carboxylic acids is 2. The minimum Gasteiger partial charge on any atom is -0.444 e. The van der Waals surface area contributed by atoms with Gasteiger partial charge in [-0.1, -0.05) is 19.1 Å². The number of hydrogen-bond donors (Lipinski definition) is 2. The predicted octanol–water partition coefficient (Wildman–Crippen LogP) is 3.07. The number of para-hydroxylation sites is 1. The lowest BCUT2D eigenvalue weighted by Gasteiger charge is -2.20. The lowest BCUT2D eigenvalue weighted by molar-refractivity contribution is 0.0948. The molecular formula is C17H21BrClN3O3. The van der Waals surface area contributed by atoms with Crippen molar-refractivity contribution < 1.29 is 14.0 Å². The van der Waals surface area contributed by atoms with Crippen LogP contribution in [0.5, 0.6) is 0 Å². The fourth-order valence-electron chi connectivity index (χ4n) is 2.11. The molecule has 0 radical (unpaired) electrons. The number of nitrogens with two attached hydrogens (primary N) is 1. The summed E-state index contributed by atoms with van der Waals surface area (Å²) >= 11 is 3.17. The van der Waals surface area contributed by atoms with Gasteiger partial charge in [-0.3, -0.25) is 9.59 Å². The Bertz CT molecular complexity index is 735. The molecule has 0 saturated heterocycles. The molecule has 0 spiro atoms. The van der Waals surface area contributed by atoms with Crippen molar-refractivity contribution in [2.45, 2.75) is 6.92 Å². The van der Waals surface area contributed by atoms with Crippen LogP contribution in [0.3, 0.4) is 0 Å². The zero-order chi connectivity index (χ0) is 17.7. The quantitative estimate of drug-likeness (QED) is 0.737. The van der Waals surface area contributed by atoms with Crippen molar-refractivity contribution in [3.8, 4) is 0 Å². The Morgan fingerprint density at radius 2 is 1.96 bits per heavy atom. The summed E-state index contributed by atoms with van der Waals surface area (Å²) in [5.74, 6) is -0.209. The Kier molecular flexibility index (Phi) is 8.15. The Labute approximate surface area is 161 Å². The molecule has 1 atom stereocenters. The van der Waals surface area contributed by atoms with E-state index in [0.29, 0.717) is 29.0 Å². The molecule has 0 saturated carbocycles. The maximum atomic E-state index is 12.5. The zero-order valence-corrected chi connectivity index (χ0v) is 16.4. The van der Waals surface area contributed by atoms with Gasteiger partial charge in [-0.2, -0.15) is 0 Å². The number of furan rings is 1. The first-order chi connectivity index (χ1) is 11.4. The maximum absolute atomic E-state index is 12.5. The summed E-state index contributed by atoms with van der Waals surface area (Å²) in [5.41, 5.74) is 6.49. The molecule has 0 aliphatic rings. The van der Waals surface area contributed by atoms with Crippen molar-refractivity contribution in [1.29, 1.82) is 0 Å². The van der Waals surface area contributed by atoms with Gasteiger partial charge in [0.15, 0.2) is 10.4 Å². The molecule has 1 aromatic carbocycles. The number of amides is 2. The lowest BCUT2D eigenvalue weighted by atomic mass is 10.1. The normalized spacial score (nSPS) is 11.4. The molecule has 2 aromatic rings. The van der Waals surface area contributed by atoms with Crippen molar-refractivity contribution in [2.75, 3.05) is 25.0 Å². The second-order valence-electron chi connectivity index (χ2n) is 5.54. The van der Waals surface area contributed by atoms with E-state index in [1.165, 1.54) is 4.90 Å². The third-order valence-electron chi connectivity index (χ3n) is 3.61. The SMILES string of the molecule is CC(CN)CNC(=O)c1ccccc1N(C)C(=O)c1ccc(Br)o1.Cl. The largest absolute Gasteiger partial charge is 0.444 e. The van der Waals surface area contributed by atoms with Crippen molar-refractivity contribution in [3.63, 3.8) is 0 Å². The van der Waals surface area contributed by atoms with Gasteiger partial charge in [-0.05, 0) is 52.7 Å². The van der Waals surface area contributed by atoms with Gasteiger partial charge in [0.2, 0.25) is 0 Å². The second-order valence-corrected chi connectivity index (χ2v) is 6.32. The first-order valence-corrected chi connectivity index (χ1v) is 8.34. The summed E-state index contributed by atoms with van der Waals surface area (Å²) in [6.07, 6.45) is 0. The summed E-state index contributed by atoms with van der Waals surface area (Å²) in [6, 6.07) is 10.2. The third-order valence-corrected chi connectivity index (χ3v) is 4.04. The predicted molar refractivity (Wildman–Crippen MR) is 103 cm³/mol. The molecule has 8 heteroatoms. The highest BCUT2D eigenvalue weighted by molar-refractivity contribution is 9.10. The van der Waals surface area contributed by atoms with E-state index in [2.05, 4.69) is 21.2 Å². The number of rotatable bonds is 6. The van der Waals surface area contributed by atoms with Gasteiger partial charge in [0.1, 0.15) is 0 Å². The molecule has 3 N–H and O–H groups in total. The highest BCUT2D eigenvalue weighted by atomic mass is 79.9. The minimum absolute atomic E-state index is 0. The number of benzene rings is 1. The van der Waals surface area contributed by atoms with Gasteiger partial charge < -0.3 is 20.4 Å². The van der Waals surface area contributed by atoms with Gasteiger partial charge in [0, 0.05) is 13.6 Å². The molecule has 2 amide bonds. The van der Waals surface area contributed by atoms with E-state index in [1.807, 2.05) is 6.92 Å². The molecule has 136 valence electrons. The van der Waals surface area contributed by atoms with Gasteiger partial charge in [0.25, 0.3) is 11.8 Å². The van der Waals surface area contributed by atoms with Crippen LogP contribution in [-0.4, -0.2) is 32.0 Å². The summed E-state index contributed by atoms with van der Waals surface area (Å²) in [5, 5.41) is 2.84. The van der Waals surface area contributed by atoms with E-state index in [1.54, 1.807) is 43.4 Å². The third kappa shape index (κ3) is 5.32. The topological polar surface area (TPSA) is 88.6 Å². The minimum atomic E-state index is -0.337. The Balaban J connectivity index is 0.00000312. The number of nitrogens with one attached hydrogen (secondary N) is 1. The van der Waals surface area contributed by atoms with E-state index in [4.69, 9.17) is 10.2 Å². The van der Waals surface area contributed by atoms with Gasteiger partial charge >= 0.3 is 0 Å². The molecule has 0 aliphatic heterocycles. The molecule has 1 aromatic heterocycles. The van der Waals surface area contributed by atoms with E-state index in [9.17, 15) is 9.59 Å². The van der Waals surface area contributed by atoms with Crippen LogP contribution in [0.1, 0.15) is 27.8 Å². The number of hydrogen-bond acceptors (Lipinski definition) is 4. The zero-order valence-electron chi connectivity index (χ0n) is 14.0. The van der Waals surface area contributed by atoms with E-state index in [0.717, 1.165) is 0 Å². The van der Waals surface area contributed by atoms with Gasteiger partial charge in [-0.25, -0.2) is 0 Å². The average Bonchev–Trinajstić information content (AvgIpc) is 3.04. The Hall–Kier alpha value is -1.83. The standard InChI is InChI=1S/C17H20BrN3O3.ClH/c1-11(9-19)10-20-16(22)12-5-3-4-6-13(12)21(2)17(23)14-7-8-15(18)24-14;/h3-8,11H,9-10,19H2,1-2H3,(H,20,22);1H. The summed E-state index contributed by atoms with van der Waals surface area (Å²) in [7, 11) is 1.60. The molecule has 2 rings (SSSR count). The van der Waals surface area contributed by atoms with Crippen LogP contribution in [0, 0.1) is 5.92 Å². The maximum Gasteiger partial charge on any atom is 0.293 e. The molecule has 0 fully saturated rings. The van der Waals surface area contributed by atoms with E-state index >= 15 is 0 Å². The second kappa shape index (κ2) is 9.60. The smallest absolute Gasteiger partial charge is 0.293 e. The van der Waals surface area contributed by atoms with Crippen molar-refractivity contribution >= 4 is 45.8 Å². The van der Waals surface area contributed by atoms with Crippen molar-refractivity contribution in [1.82, 2.24) is 5.32 Å². The van der Waals surface area contributed by atoms with E-state index < -0.39 is 0 Å². The van der Waals surface area contributed by atoms with Crippen molar-refractivity contribution in [2.24, 2.45) is 11.7 Å². The van der Waals surface area contributed by atoms with E-state index in [-0.39, 0.29) is 35.9 Å². The molecule has 25 heavy (non-hydrogen) atoms. The molecular weight excluding hydrogens is 410 g/mol. The van der Waals surface area contributed by atoms with Gasteiger partial charge in [-0.15, -0.1) is 12.4 Å². The first kappa shape index (κ1) is 21.2. The number of halogens is 2. The highest BCUT2D eigenvalue weighted by Gasteiger charge is 2.21. The summed E-state index contributed by atoms with van der Waals surface area (Å²) < 4.78 is 5.77. The van der Waals surface area contributed by atoms with Crippen LogP contribution in [-0.2, 0) is 0 Å². The number of carbonyl (C=O) groups is 2. The Morgan fingerprint density at radius 1 is 1.28 bits per heavy atom. The van der Waals surface area contributed by atoms with Crippen LogP contribution in [0.25, 0.3) is 0 Å². The molecule has 1 unspecified atom stereocenters. The van der Waals surface area contributed by atoms with Crippen LogP contribution in [0.2, 0.25) is 0 Å².